The highest BCUT2D eigenvalue weighted by Crippen LogP contribution is 2.28. The van der Waals surface area contributed by atoms with Crippen LogP contribution in [0, 0.1) is 13.8 Å². The second-order valence-electron chi connectivity index (χ2n) is 6.49. The Hall–Kier alpha value is -1.93. The van der Waals surface area contributed by atoms with Crippen molar-refractivity contribution in [1.82, 2.24) is 15.0 Å². The standard InChI is InChI=1S/C16H23N3O5/c1-11-13(12(2)24-17-11)9-14(20)18-4-6-19(7-5-18)16(15(21)22)3-8-23-10-16/h3-10H2,1-2H3,(H,21,22). The van der Waals surface area contributed by atoms with Crippen molar-refractivity contribution >= 4 is 11.9 Å². The summed E-state index contributed by atoms with van der Waals surface area (Å²) >= 11 is 0. The molecule has 0 aromatic carbocycles. The molecule has 1 amide bonds. The molecule has 0 saturated carbocycles. The monoisotopic (exact) mass is 337 g/mol. The highest BCUT2D eigenvalue weighted by atomic mass is 16.5. The van der Waals surface area contributed by atoms with Crippen molar-refractivity contribution in [3.05, 3.63) is 17.0 Å². The molecule has 2 fully saturated rings. The molecular weight excluding hydrogens is 314 g/mol. The molecule has 1 aromatic heterocycles. The van der Waals surface area contributed by atoms with Gasteiger partial charge in [0.2, 0.25) is 5.91 Å². The van der Waals surface area contributed by atoms with Gasteiger partial charge in [-0.05, 0) is 13.8 Å². The first-order valence-electron chi connectivity index (χ1n) is 8.20. The van der Waals surface area contributed by atoms with Gasteiger partial charge in [0.05, 0.1) is 18.7 Å². The van der Waals surface area contributed by atoms with Crippen LogP contribution in [0.2, 0.25) is 0 Å². The summed E-state index contributed by atoms with van der Waals surface area (Å²) in [6, 6.07) is 0. The number of aliphatic carboxylic acids is 1. The summed E-state index contributed by atoms with van der Waals surface area (Å²) in [5.41, 5.74) is 0.651. The number of carboxylic acids is 1. The summed E-state index contributed by atoms with van der Waals surface area (Å²) in [5.74, 6) is -0.140. The first kappa shape index (κ1) is 16.9. The number of piperazine rings is 1. The van der Waals surface area contributed by atoms with E-state index in [9.17, 15) is 14.7 Å². The van der Waals surface area contributed by atoms with Gasteiger partial charge in [-0.2, -0.15) is 0 Å². The van der Waals surface area contributed by atoms with Crippen LogP contribution in [-0.2, 0) is 20.7 Å². The van der Waals surface area contributed by atoms with Crippen LogP contribution in [0.3, 0.4) is 0 Å². The normalized spacial score (nSPS) is 25.2. The lowest BCUT2D eigenvalue weighted by atomic mass is 9.95. The Balaban J connectivity index is 1.61. The summed E-state index contributed by atoms with van der Waals surface area (Å²) in [5, 5.41) is 13.5. The molecular formula is C16H23N3O5. The maximum atomic E-state index is 12.5. The minimum absolute atomic E-state index is 0.0242. The van der Waals surface area contributed by atoms with E-state index in [2.05, 4.69) is 5.16 Å². The number of nitrogens with zero attached hydrogens (tertiary/aromatic N) is 3. The summed E-state index contributed by atoms with van der Waals surface area (Å²) in [6.07, 6.45) is 0.768. The summed E-state index contributed by atoms with van der Waals surface area (Å²) in [6.45, 7) is 6.46. The Morgan fingerprint density at radius 1 is 1.25 bits per heavy atom. The van der Waals surface area contributed by atoms with Crippen molar-refractivity contribution < 1.29 is 24.0 Å². The lowest BCUT2D eigenvalue weighted by molar-refractivity contribution is -0.153. The number of rotatable bonds is 4. The molecule has 2 saturated heterocycles. The number of hydrogen-bond donors (Lipinski definition) is 1. The van der Waals surface area contributed by atoms with E-state index >= 15 is 0 Å². The molecule has 1 atom stereocenters. The molecule has 0 radical (unpaired) electrons. The molecule has 3 heterocycles. The van der Waals surface area contributed by atoms with Crippen molar-refractivity contribution in [2.24, 2.45) is 0 Å². The third-order valence-corrected chi connectivity index (χ3v) is 5.15. The second kappa shape index (κ2) is 6.52. The summed E-state index contributed by atoms with van der Waals surface area (Å²) in [4.78, 5) is 27.9. The number of carbonyl (C=O) groups is 2. The average molecular weight is 337 g/mol. The van der Waals surface area contributed by atoms with Crippen molar-refractivity contribution in [1.29, 1.82) is 0 Å². The van der Waals surface area contributed by atoms with Gasteiger partial charge in [0.25, 0.3) is 0 Å². The lowest BCUT2D eigenvalue weighted by Crippen LogP contribution is -2.62. The maximum Gasteiger partial charge on any atom is 0.326 e. The molecule has 2 aliphatic heterocycles. The van der Waals surface area contributed by atoms with Gasteiger partial charge in [0, 0.05) is 44.8 Å². The number of hydrogen-bond acceptors (Lipinski definition) is 6. The third kappa shape index (κ3) is 2.91. The van der Waals surface area contributed by atoms with Crippen molar-refractivity contribution in [2.75, 3.05) is 39.4 Å². The van der Waals surface area contributed by atoms with Crippen LogP contribution in [0.4, 0.5) is 0 Å². The van der Waals surface area contributed by atoms with Crippen LogP contribution in [0.1, 0.15) is 23.4 Å². The van der Waals surface area contributed by atoms with E-state index in [1.54, 1.807) is 11.8 Å². The highest BCUT2D eigenvalue weighted by Gasteiger charge is 2.48. The summed E-state index contributed by atoms with van der Waals surface area (Å²) < 4.78 is 10.4. The Bertz CT molecular complexity index is 608. The minimum atomic E-state index is -0.934. The van der Waals surface area contributed by atoms with E-state index in [1.165, 1.54) is 0 Å². The van der Waals surface area contributed by atoms with E-state index in [-0.39, 0.29) is 18.9 Å². The predicted octanol–water partition coefficient (Wildman–Crippen LogP) is 0.222. The molecule has 24 heavy (non-hydrogen) atoms. The number of carbonyl (C=O) groups excluding carboxylic acids is 1. The average Bonchev–Trinajstić information content (AvgIpc) is 3.18. The molecule has 1 N–H and O–H groups in total. The van der Waals surface area contributed by atoms with Crippen LogP contribution in [0.5, 0.6) is 0 Å². The van der Waals surface area contributed by atoms with Crippen LogP contribution >= 0.6 is 0 Å². The number of aromatic nitrogens is 1. The van der Waals surface area contributed by atoms with Gasteiger partial charge < -0.3 is 19.3 Å². The Morgan fingerprint density at radius 2 is 1.96 bits per heavy atom. The Kier molecular flexibility index (Phi) is 4.60. The lowest BCUT2D eigenvalue weighted by Gasteiger charge is -2.42. The molecule has 8 nitrogen and oxygen atoms in total. The fraction of sp³-hybridized carbons (Fsp3) is 0.688. The highest BCUT2D eigenvalue weighted by molar-refractivity contribution is 5.80. The van der Waals surface area contributed by atoms with Crippen molar-refractivity contribution in [3.63, 3.8) is 0 Å². The van der Waals surface area contributed by atoms with Gasteiger partial charge >= 0.3 is 5.97 Å². The van der Waals surface area contributed by atoms with Gasteiger partial charge in [-0.1, -0.05) is 5.16 Å². The van der Waals surface area contributed by atoms with Crippen molar-refractivity contribution in [2.45, 2.75) is 32.2 Å². The van der Waals surface area contributed by atoms with Gasteiger partial charge in [-0.3, -0.25) is 14.5 Å². The first-order chi connectivity index (χ1) is 11.4. The molecule has 8 heteroatoms. The molecule has 0 bridgehead atoms. The molecule has 0 spiro atoms. The van der Waals surface area contributed by atoms with E-state index in [0.717, 1.165) is 11.3 Å². The van der Waals surface area contributed by atoms with Crippen LogP contribution in [-0.4, -0.2) is 76.9 Å². The molecule has 2 aliphatic rings. The second-order valence-corrected chi connectivity index (χ2v) is 6.49. The zero-order valence-electron chi connectivity index (χ0n) is 14.1. The van der Waals surface area contributed by atoms with Gasteiger partial charge in [-0.15, -0.1) is 0 Å². The van der Waals surface area contributed by atoms with Gasteiger partial charge in [-0.25, -0.2) is 0 Å². The number of ether oxygens (including phenoxy) is 1. The number of amides is 1. The topological polar surface area (TPSA) is 96.1 Å². The molecule has 3 rings (SSSR count). The predicted molar refractivity (Wildman–Crippen MR) is 83.6 cm³/mol. The smallest absolute Gasteiger partial charge is 0.326 e. The zero-order valence-corrected chi connectivity index (χ0v) is 14.1. The fourth-order valence-corrected chi connectivity index (χ4v) is 3.51. The van der Waals surface area contributed by atoms with E-state index < -0.39 is 11.5 Å². The van der Waals surface area contributed by atoms with Gasteiger partial charge in [0.1, 0.15) is 11.3 Å². The first-order valence-corrected chi connectivity index (χ1v) is 8.20. The van der Waals surface area contributed by atoms with E-state index in [4.69, 9.17) is 9.26 Å². The fourth-order valence-electron chi connectivity index (χ4n) is 3.51. The number of aryl methyl sites for hydroxylation is 2. The van der Waals surface area contributed by atoms with E-state index in [0.29, 0.717) is 45.0 Å². The molecule has 1 unspecified atom stereocenters. The van der Waals surface area contributed by atoms with Crippen LogP contribution in [0.25, 0.3) is 0 Å². The quantitative estimate of drug-likeness (QED) is 0.839. The summed E-state index contributed by atoms with van der Waals surface area (Å²) in [7, 11) is 0. The SMILES string of the molecule is Cc1noc(C)c1CC(=O)N1CCN(C2(C(=O)O)CCOC2)CC1. The van der Waals surface area contributed by atoms with Crippen LogP contribution < -0.4 is 0 Å². The molecule has 132 valence electrons. The number of carboxylic acid groups (broad SMARTS) is 1. The zero-order chi connectivity index (χ0) is 17.3. The molecule has 0 aliphatic carbocycles. The van der Waals surface area contributed by atoms with Crippen LogP contribution in [0.15, 0.2) is 4.52 Å². The Morgan fingerprint density at radius 3 is 2.46 bits per heavy atom. The molecule has 1 aromatic rings. The van der Waals surface area contributed by atoms with E-state index in [1.807, 2.05) is 11.8 Å². The largest absolute Gasteiger partial charge is 0.480 e. The van der Waals surface area contributed by atoms with Gasteiger partial charge in [0.15, 0.2) is 0 Å². The van der Waals surface area contributed by atoms with Crippen molar-refractivity contribution in [3.8, 4) is 0 Å². The third-order valence-electron chi connectivity index (χ3n) is 5.15. The maximum absolute atomic E-state index is 12.5. The minimum Gasteiger partial charge on any atom is -0.480 e. The Labute approximate surface area is 140 Å².